The van der Waals surface area contributed by atoms with Gasteiger partial charge in [-0.2, -0.15) is 0 Å². The monoisotopic (exact) mass is 640 g/mol. The van der Waals surface area contributed by atoms with Crippen LogP contribution in [0.1, 0.15) is 47.2 Å². The quantitative estimate of drug-likeness (QED) is 0.153. The summed E-state index contributed by atoms with van der Waals surface area (Å²) in [6, 6.07) is 24.5. The molecular formula is C38H40F2N3O4+. The number of carbonyl (C=O) groups is 1. The number of phenols is 1. The molecule has 4 fully saturated rings. The Morgan fingerprint density at radius 2 is 1.45 bits per heavy atom. The molecule has 0 aromatic heterocycles. The lowest BCUT2D eigenvalue weighted by Gasteiger charge is -2.50. The first kappa shape index (κ1) is 31.3. The summed E-state index contributed by atoms with van der Waals surface area (Å²) in [6.45, 7) is 8.66. The smallest absolute Gasteiger partial charge is 0.233 e. The molecule has 4 aromatic carbocycles. The van der Waals surface area contributed by atoms with Gasteiger partial charge in [0.15, 0.2) is 0 Å². The zero-order chi connectivity index (χ0) is 32.5. The first-order valence-corrected chi connectivity index (χ1v) is 16.4. The Kier molecular flexibility index (Phi) is 8.70. The van der Waals surface area contributed by atoms with E-state index in [1.807, 2.05) is 0 Å². The molecule has 0 spiro atoms. The molecule has 1 amide bonds. The number of rotatable bonds is 11. The van der Waals surface area contributed by atoms with Crippen LogP contribution < -0.4 is 9.64 Å². The van der Waals surface area contributed by atoms with Crippen molar-refractivity contribution in [2.75, 3.05) is 44.2 Å². The van der Waals surface area contributed by atoms with Gasteiger partial charge in [-0.25, -0.2) is 8.78 Å². The molecule has 0 saturated carbocycles. The van der Waals surface area contributed by atoms with Crippen LogP contribution in [0.4, 0.5) is 14.5 Å². The number of piperazine rings is 3. The number of aromatic hydroxyl groups is 1. The maximum Gasteiger partial charge on any atom is 0.233 e. The van der Waals surface area contributed by atoms with Crippen molar-refractivity contribution in [3.8, 4) is 11.5 Å². The molecule has 47 heavy (non-hydrogen) atoms. The van der Waals surface area contributed by atoms with Gasteiger partial charge in [-0.05, 0) is 72.5 Å². The van der Waals surface area contributed by atoms with Gasteiger partial charge < -0.3 is 24.3 Å². The lowest BCUT2D eigenvalue weighted by atomic mass is 9.78. The molecule has 7 nitrogen and oxygen atoms in total. The number of hydrogen-bond acceptors (Lipinski definition) is 5. The first-order chi connectivity index (χ1) is 22.8. The molecule has 4 aliphatic heterocycles. The Morgan fingerprint density at radius 3 is 2.09 bits per heavy atom. The average molecular weight is 641 g/mol. The number of fused-ring (bicyclic) bond motifs is 3. The third-order valence-electron chi connectivity index (χ3n) is 10.3. The van der Waals surface area contributed by atoms with E-state index < -0.39 is 23.9 Å². The number of halogens is 2. The first-order valence-electron chi connectivity index (χ1n) is 16.4. The number of quaternary nitrogens is 1. The Hall–Kier alpha value is -4.31. The second-order valence-electron chi connectivity index (χ2n) is 13.2. The van der Waals surface area contributed by atoms with Gasteiger partial charge in [0, 0.05) is 42.5 Å². The van der Waals surface area contributed by atoms with Crippen LogP contribution in [0.3, 0.4) is 0 Å². The van der Waals surface area contributed by atoms with Crippen LogP contribution in [0.15, 0.2) is 91.0 Å². The van der Waals surface area contributed by atoms with E-state index in [1.54, 1.807) is 35.2 Å². The van der Waals surface area contributed by atoms with Crippen LogP contribution >= 0.6 is 0 Å². The fourth-order valence-corrected chi connectivity index (χ4v) is 7.39. The van der Waals surface area contributed by atoms with E-state index in [9.17, 15) is 23.8 Å². The second-order valence-corrected chi connectivity index (χ2v) is 13.2. The number of β-lactam (4-membered cyclic amide) rings is 1. The Morgan fingerprint density at radius 1 is 0.830 bits per heavy atom. The molecule has 4 saturated heterocycles. The third kappa shape index (κ3) is 6.61. The standard InChI is InChI=1S/C38H39F2N3O4/c39-29-7-5-28(6-8-29)35(44)16-15-34-37(42(38(34)46)31-11-9-30(40)10-12-31)33-14-13-32(23-36(33)45)47-25-27-3-1-26(2-4-27)24-43-20-17-41(18-21-43)19-22-43/h1-14,23,34-35,37,44H,15-22,24-25H2/p+1. The van der Waals surface area contributed by atoms with Gasteiger partial charge >= 0.3 is 0 Å². The predicted octanol–water partition coefficient (Wildman–Crippen LogP) is 6.11. The van der Waals surface area contributed by atoms with Gasteiger partial charge in [-0.3, -0.25) is 9.69 Å². The van der Waals surface area contributed by atoms with E-state index in [0.29, 0.717) is 35.6 Å². The topological polar surface area (TPSA) is 73.2 Å². The van der Waals surface area contributed by atoms with E-state index in [1.165, 1.54) is 85.7 Å². The Bertz CT molecular complexity index is 1690. The summed E-state index contributed by atoms with van der Waals surface area (Å²) in [7, 11) is 0. The maximum atomic E-state index is 13.7. The zero-order valence-corrected chi connectivity index (χ0v) is 26.3. The zero-order valence-electron chi connectivity index (χ0n) is 26.3. The minimum absolute atomic E-state index is 0.0119. The van der Waals surface area contributed by atoms with Gasteiger partial charge in [-0.15, -0.1) is 0 Å². The van der Waals surface area contributed by atoms with Crippen molar-refractivity contribution in [1.29, 1.82) is 0 Å². The number of nitrogens with zero attached hydrogens (tertiary/aromatic N) is 3. The highest BCUT2D eigenvalue weighted by Crippen LogP contribution is 2.49. The van der Waals surface area contributed by atoms with E-state index in [0.717, 1.165) is 12.1 Å². The number of aliphatic hydroxyl groups excluding tert-OH is 1. The van der Waals surface area contributed by atoms with Gasteiger partial charge in [0.1, 0.15) is 36.3 Å². The molecule has 2 N–H and O–H groups in total. The molecule has 3 unspecified atom stereocenters. The van der Waals surface area contributed by atoms with Crippen molar-refractivity contribution in [1.82, 2.24) is 4.90 Å². The molecule has 4 heterocycles. The van der Waals surface area contributed by atoms with Crippen LogP contribution in [-0.2, 0) is 17.9 Å². The number of hydrogen-bond donors (Lipinski definition) is 2. The van der Waals surface area contributed by atoms with E-state index in [4.69, 9.17) is 4.74 Å². The van der Waals surface area contributed by atoms with Crippen molar-refractivity contribution in [3.05, 3.63) is 125 Å². The van der Waals surface area contributed by atoms with E-state index in [-0.39, 0.29) is 23.9 Å². The Labute approximate surface area is 273 Å². The second kappa shape index (κ2) is 13.1. The minimum atomic E-state index is -0.874. The average Bonchev–Trinajstić information content (AvgIpc) is 3.09. The van der Waals surface area contributed by atoms with Crippen LogP contribution in [0.5, 0.6) is 11.5 Å². The SMILES string of the molecule is O=C1C(CCC(O)c2ccc(F)cc2)C(c2ccc(OCc3ccc(C[N+]45CCN(CC4)CC5)cc3)cc2O)N1c1ccc(F)cc1. The summed E-state index contributed by atoms with van der Waals surface area (Å²) in [6.07, 6.45) is -0.261. The number of benzene rings is 4. The summed E-state index contributed by atoms with van der Waals surface area (Å²) < 4.78 is 34.3. The molecule has 4 aliphatic rings. The number of phenolic OH excluding ortho intramolecular Hbond substituents is 1. The van der Waals surface area contributed by atoms with Crippen molar-refractivity contribution >= 4 is 11.6 Å². The number of aliphatic hydroxyl groups is 1. The van der Waals surface area contributed by atoms with Crippen LogP contribution in [0.2, 0.25) is 0 Å². The number of carbonyl (C=O) groups excluding carboxylic acids is 1. The van der Waals surface area contributed by atoms with Gasteiger partial charge in [0.05, 0.1) is 37.7 Å². The Balaban J connectivity index is 1.03. The van der Waals surface area contributed by atoms with Crippen molar-refractivity contribution < 1.29 is 33.0 Å². The van der Waals surface area contributed by atoms with Gasteiger partial charge in [0.2, 0.25) is 5.91 Å². The maximum absolute atomic E-state index is 13.7. The normalized spacial score (nSPS) is 24.2. The summed E-state index contributed by atoms with van der Waals surface area (Å²) >= 11 is 0. The number of anilines is 1. The summed E-state index contributed by atoms with van der Waals surface area (Å²) in [5, 5.41) is 21.9. The fraction of sp³-hybridized carbons (Fsp3) is 0.342. The van der Waals surface area contributed by atoms with Crippen LogP contribution in [0, 0.1) is 17.6 Å². The van der Waals surface area contributed by atoms with Crippen molar-refractivity contribution in [2.45, 2.75) is 38.1 Å². The van der Waals surface area contributed by atoms with Crippen molar-refractivity contribution in [2.24, 2.45) is 5.92 Å². The highest BCUT2D eigenvalue weighted by atomic mass is 19.1. The van der Waals surface area contributed by atoms with Gasteiger partial charge in [0.25, 0.3) is 0 Å². The molecule has 3 atom stereocenters. The summed E-state index contributed by atoms with van der Waals surface area (Å²) in [5.41, 5.74) is 4.00. The van der Waals surface area contributed by atoms with E-state index in [2.05, 4.69) is 29.2 Å². The minimum Gasteiger partial charge on any atom is -0.507 e. The van der Waals surface area contributed by atoms with E-state index >= 15 is 0 Å². The van der Waals surface area contributed by atoms with Crippen molar-refractivity contribution in [3.63, 3.8) is 0 Å². The van der Waals surface area contributed by atoms with Crippen LogP contribution in [0.25, 0.3) is 0 Å². The predicted molar refractivity (Wildman–Crippen MR) is 175 cm³/mol. The molecule has 0 aliphatic carbocycles. The number of amides is 1. The lowest BCUT2D eigenvalue weighted by molar-refractivity contribution is -0.953. The lowest BCUT2D eigenvalue weighted by Crippen LogP contribution is -2.66. The summed E-state index contributed by atoms with van der Waals surface area (Å²) in [5.74, 6) is -1.01. The molecular weight excluding hydrogens is 600 g/mol. The molecule has 244 valence electrons. The molecule has 9 heteroatoms. The highest BCUT2D eigenvalue weighted by molar-refractivity contribution is 6.03. The molecule has 4 aromatic rings. The fourth-order valence-electron chi connectivity index (χ4n) is 7.39. The summed E-state index contributed by atoms with van der Waals surface area (Å²) in [4.78, 5) is 17.5. The molecule has 2 bridgehead atoms. The molecule has 8 rings (SSSR count). The highest BCUT2D eigenvalue weighted by Gasteiger charge is 2.49. The van der Waals surface area contributed by atoms with Gasteiger partial charge in [-0.1, -0.05) is 36.4 Å². The third-order valence-corrected chi connectivity index (χ3v) is 10.3. The number of ether oxygens (including phenoxy) is 1. The molecule has 0 radical (unpaired) electrons. The van der Waals surface area contributed by atoms with Crippen LogP contribution in [-0.4, -0.2) is 64.8 Å². The largest absolute Gasteiger partial charge is 0.507 e.